The number of ether oxygens (including phenoxy) is 2. The van der Waals surface area contributed by atoms with E-state index in [2.05, 4.69) is 21.2 Å². The number of halogens is 2. The van der Waals surface area contributed by atoms with Crippen LogP contribution in [0.25, 0.3) is 6.08 Å². The SMILES string of the molecule is COc1cc(/C=C/C(=O)N[C@@H](C(=O)O)C(C)C)cc(Br)c1OCc1ccccc1Cl. The zero-order valence-electron chi connectivity index (χ0n) is 16.8. The Morgan fingerprint density at radius 2 is 1.97 bits per heavy atom. The number of aliphatic carboxylic acids is 1. The summed E-state index contributed by atoms with van der Waals surface area (Å²) >= 11 is 9.63. The molecule has 1 amide bonds. The number of benzene rings is 2. The van der Waals surface area contributed by atoms with Gasteiger partial charge in [0.05, 0.1) is 11.6 Å². The number of hydrogen-bond acceptors (Lipinski definition) is 4. The number of nitrogens with one attached hydrogen (secondary N) is 1. The van der Waals surface area contributed by atoms with E-state index in [4.69, 9.17) is 21.1 Å². The van der Waals surface area contributed by atoms with Gasteiger partial charge in [-0.15, -0.1) is 0 Å². The van der Waals surface area contributed by atoms with Gasteiger partial charge in [0.25, 0.3) is 0 Å². The van der Waals surface area contributed by atoms with Crippen LogP contribution in [0.5, 0.6) is 11.5 Å². The molecule has 0 unspecified atom stereocenters. The van der Waals surface area contributed by atoms with Crippen LogP contribution in [0.15, 0.2) is 46.9 Å². The van der Waals surface area contributed by atoms with Crippen molar-refractivity contribution in [2.75, 3.05) is 7.11 Å². The van der Waals surface area contributed by atoms with Crippen molar-refractivity contribution in [2.24, 2.45) is 5.92 Å². The van der Waals surface area contributed by atoms with Gasteiger partial charge in [-0.1, -0.05) is 43.6 Å². The molecule has 6 nitrogen and oxygen atoms in total. The number of amides is 1. The van der Waals surface area contributed by atoms with Crippen LogP contribution in [-0.4, -0.2) is 30.1 Å². The van der Waals surface area contributed by atoms with Crippen LogP contribution in [0, 0.1) is 5.92 Å². The van der Waals surface area contributed by atoms with Gasteiger partial charge in [0.15, 0.2) is 11.5 Å². The van der Waals surface area contributed by atoms with Crippen LogP contribution in [0.2, 0.25) is 5.02 Å². The molecule has 1 atom stereocenters. The predicted octanol–water partition coefficient (Wildman–Crippen LogP) is 4.93. The van der Waals surface area contributed by atoms with Crippen molar-refractivity contribution in [3.63, 3.8) is 0 Å². The molecule has 30 heavy (non-hydrogen) atoms. The molecule has 0 heterocycles. The summed E-state index contributed by atoms with van der Waals surface area (Å²) in [6, 6.07) is 9.92. The quantitative estimate of drug-likeness (QED) is 0.481. The van der Waals surface area contributed by atoms with E-state index in [0.29, 0.717) is 26.6 Å². The Bertz CT molecular complexity index is 945. The molecule has 0 saturated heterocycles. The summed E-state index contributed by atoms with van der Waals surface area (Å²) in [4.78, 5) is 23.3. The minimum Gasteiger partial charge on any atom is -0.493 e. The van der Waals surface area contributed by atoms with Crippen molar-refractivity contribution in [3.05, 3.63) is 63.1 Å². The van der Waals surface area contributed by atoms with Crippen LogP contribution in [0.1, 0.15) is 25.0 Å². The summed E-state index contributed by atoms with van der Waals surface area (Å²) in [7, 11) is 1.52. The molecule has 0 fully saturated rings. The number of rotatable bonds is 9. The van der Waals surface area contributed by atoms with Crippen molar-refractivity contribution in [3.8, 4) is 11.5 Å². The highest BCUT2D eigenvalue weighted by atomic mass is 79.9. The molecule has 0 aromatic heterocycles. The molecule has 0 saturated carbocycles. The fourth-order valence-electron chi connectivity index (χ4n) is 2.63. The van der Waals surface area contributed by atoms with E-state index in [1.165, 1.54) is 13.2 Å². The normalized spacial score (nSPS) is 12.1. The molecule has 8 heteroatoms. The van der Waals surface area contributed by atoms with Crippen molar-refractivity contribution in [2.45, 2.75) is 26.5 Å². The molecule has 0 spiro atoms. The first kappa shape index (κ1) is 23.8. The summed E-state index contributed by atoms with van der Waals surface area (Å²) < 4.78 is 11.9. The minimum atomic E-state index is -1.07. The van der Waals surface area contributed by atoms with E-state index in [-0.39, 0.29) is 12.5 Å². The largest absolute Gasteiger partial charge is 0.493 e. The van der Waals surface area contributed by atoms with E-state index in [1.807, 2.05) is 18.2 Å². The Kier molecular flexibility index (Phi) is 8.74. The number of carboxylic acid groups (broad SMARTS) is 1. The number of carboxylic acids is 1. The van der Waals surface area contributed by atoms with Crippen molar-refractivity contribution in [1.82, 2.24) is 5.32 Å². The van der Waals surface area contributed by atoms with Gasteiger partial charge in [-0.2, -0.15) is 0 Å². The monoisotopic (exact) mass is 495 g/mol. The van der Waals surface area contributed by atoms with E-state index in [1.54, 1.807) is 38.1 Å². The number of methoxy groups -OCH3 is 1. The van der Waals surface area contributed by atoms with E-state index in [0.717, 1.165) is 5.56 Å². The van der Waals surface area contributed by atoms with Gasteiger partial charge in [-0.05, 0) is 51.7 Å². The molecule has 0 bridgehead atoms. The molecule has 160 valence electrons. The summed E-state index contributed by atoms with van der Waals surface area (Å²) in [5.41, 5.74) is 1.52. The highest BCUT2D eigenvalue weighted by Crippen LogP contribution is 2.37. The molecule has 0 aliphatic carbocycles. The van der Waals surface area contributed by atoms with Gasteiger partial charge >= 0.3 is 5.97 Å². The molecular weight excluding hydrogens is 474 g/mol. The topological polar surface area (TPSA) is 84.9 Å². The van der Waals surface area contributed by atoms with Gasteiger partial charge in [0.1, 0.15) is 12.6 Å². The first-order chi connectivity index (χ1) is 14.2. The third-order valence-corrected chi connectivity index (χ3v) is 5.20. The molecule has 2 aromatic carbocycles. The van der Waals surface area contributed by atoms with E-state index >= 15 is 0 Å². The fourth-order valence-corrected chi connectivity index (χ4v) is 3.39. The summed E-state index contributed by atoms with van der Waals surface area (Å²) in [5.74, 6) is -0.822. The van der Waals surface area contributed by atoms with Gasteiger partial charge < -0.3 is 19.9 Å². The smallest absolute Gasteiger partial charge is 0.326 e. The zero-order chi connectivity index (χ0) is 22.3. The Balaban J connectivity index is 2.14. The summed E-state index contributed by atoms with van der Waals surface area (Å²) in [6.45, 7) is 3.72. The van der Waals surface area contributed by atoms with Crippen LogP contribution in [-0.2, 0) is 16.2 Å². The maximum Gasteiger partial charge on any atom is 0.326 e. The van der Waals surface area contributed by atoms with Gasteiger partial charge in [-0.3, -0.25) is 4.79 Å². The summed E-state index contributed by atoms with van der Waals surface area (Å²) in [6.07, 6.45) is 2.85. The van der Waals surface area contributed by atoms with Gasteiger partial charge in [0.2, 0.25) is 5.91 Å². The third-order valence-electron chi connectivity index (χ3n) is 4.24. The van der Waals surface area contributed by atoms with Gasteiger partial charge in [-0.25, -0.2) is 4.79 Å². The summed E-state index contributed by atoms with van der Waals surface area (Å²) in [5, 5.41) is 12.3. The molecule has 0 aliphatic rings. The Morgan fingerprint density at radius 3 is 2.57 bits per heavy atom. The first-order valence-corrected chi connectivity index (χ1v) is 10.3. The third kappa shape index (κ3) is 6.50. The standard InChI is InChI=1S/C22H23BrClNO5/c1-13(2)20(22(27)28)25-19(26)9-8-14-10-16(23)21(18(11-14)29-3)30-12-15-6-4-5-7-17(15)24/h4-11,13,20H,12H2,1-3H3,(H,25,26)(H,27,28)/b9-8+/t20-/m1/s1. The lowest BCUT2D eigenvalue weighted by Crippen LogP contribution is -2.43. The predicted molar refractivity (Wildman–Crippen MR) is 120 cm³/mol. The Morgan fingerprint density at radius 1 is 1.27 bits per heavy atom. The van der Waals surface area contributed by atoms with Gasteiger partial charge in [0, 0.05) is 16.7 Å². The second-order valence-electron chi connectivity index (χ2n) is 6.82. The maximum absolute atomic E-state index is 12.1. The molecular formula is C22H23BrClNO5. The molecule has 0 radical (unpaired) electrons. The van der Waals surface area contributed by atoms with E-state index in [9.17, 15) is 14.7 Å². The molecule has 2 aromatic rings. The average molecular weight is 497 g/mol. The van der Waals surface area contributed by atoms with Crippen LogP contribution >= 0.6 is 27.5 Å². The Labute approximate surface area is 189 Å². The lowest BCUT2D eigenvalue weighted by Gasteiger charge is -2.16. The zero-order valence-corrected chi connectivity index (χ0v) is 19.2. The highest BCUT2D eigenvalue weighted by molar-refractivity contribution is 9.10. The Hall–Kier alpha value is -2.51. The number of hydrogen-bond donors (Lipinski definition) is 2. The van der Waals surface area contributed by atoms with Crippen LogP contribution in [0.3, 0.4) is 0 Å². The second-order valence-corrected chi connectivity index (χ2v) is 8.08. The van der Waals surface area contributed by atoms with Crippen molar-refractivity contribution >= 4 is 45.5 Å². The highest BCUT2D eigenvalue weighted by Gasteiger charge is 2.22. The second kappa shape index (κ2) is 11.0. The molecule has 2 rings (SSSR count). The average Bonchev–Trinajstić information content (AvgIpc) is 2.69. The lowest BCUT2D eigenvalue weighted by atomic mass is 10.0. The van der Waals surface area contributed by atoms with Crippen molar-refractivity contribution < 1.29 is 24.2 Å². The van der Waals surface area contributed by atoms with Crippen LogP contribution in [0.4, 0.5) is 0 Å². The molecule has 0 aliphatic heterocycles. The number of carbonyl (C=O) groups is 2. The fraction of sp³-hybridized carbons (Fsp3) is 0.273. The lowest BCUT2D eigenvalue weighted by molar-refractivity contribution is -0.142. The maximum atomic E-state index is 12.1. The minimum absolute atomic E-state index is 0.233. The van der Waals surface area contributed by atoms with E-state index < -0.39 is 17.9 Å². The van der Waals surface area contributed by atoms with Crippen LogP contribution < -0.4 is 14.8 Å². The number of carbonyl (C=O) groups excluding carboxylic acids is 1. The van der Waals surface area contributed by atoms with Crippen molar-refractivity contribution in [1.29, 1.82) is 0 Å². The molecule has 2 N–H and O–H groups in total. The first-order valence-electron chi connectivity index (χ1n) is 9.18.